The minimum Gasteiger partial charge on any atom is -0.482 e. The maximum absolute atomic E-state index is 12.5. The molecule has 102 valence electrons. The molecule has 19 heavy (non-hydrogen) atoms. The molecule has 0 unspecified atom stereocenters. The summed E-state index contributed by atoms with van der Waals surface area (Å²) in [7, 11) is 0. The molecular weight excluding hydrogens is 262 g/mol. The van der Waals surface area contributed by atoms with Gasteiger partial charge in [-0.3, -0.25) is 4.79 Å². The van der Waals surface area contributed by atoms with Crippen molar-refractivity contribution in [1.29, 1.82) is 0 Å². The molecule has 1 fully saturated rings. The van der Waals surface area contributed by atoms with E-state index in [0.29, 0.717) is 11.5 Å². The van der Waals surface area contributed by atoms with Gasteiger partial charge < -0.3 is 14.4 Å². The van der Waals surface area contributed by atoms with Crippen molar-refractivity contribution in [2.75, 3.05) is 24.6 Å². The van der Waals surface area contributed by atoms with Crippen LogP contribution < -0.4 is 9.47 Å². The summed E-state index contributed by atoms with van der Waals surface area (Å²) in [5.41, 5.74) is 0. The minimum atomic E-state index is -0.530. The fraction of sp³-hybridized carbons (Fsp3) is 0.500. The summed E-state index contributed by atoms with van der Waals surface area (Å²) in [5.74, 6) is 3.43. The molecule has 2 aliphatic rings. The maximum Gasteiger partial charge on any atom is 0.267 e. The second-order valence-electron chi connectivity index (χ2n) is 4.75. The number of fused-ring (bicyclic) bond motifs is 1. The molecule has 3 rings (SSSR count). The minimum absolute atomic E-state index is 0.0438. The van der Waals surface area contributed by atoms with E-state index in [1.165, 1.54) is 0 Å². The number of nitrogens with zero attached hydrogens (tertiary/aromatic N) is 1. The van der Waals surface area contributed by atoms with E-state index in [9.17, 15) is 4.79 Å². The van der Waals surface area contributed by atoms with Gasteiger partial charge in [0.15, 0.2) is 11.5 Å². The molecule has 1 amide bonds. The van der Waals surface area contributed by atoms with Crippen LogP contribution in [0.2, 0.25) is 0 Å². The number of benzene rings is 1. The Morgan fingerprint density at radius 3 is 2.53 bits per heavy atom. The lowest BCUT2D eigenvalue weighted by atomic mass is 10.1. The molecule has 1 aromatic carbocycles. The lowest BCUT2D eigenvalue weighted by Gasteiger charge is -2.35. The molecule has 5 heteroatoms. The van der Waals surface area contributed by atoms with Crippen molar-refractivity contribution in [3.63, 3.8) is 0 Å². The SMILES string of the molecule is C[C@H]1Oc2ccccc2O[C@H]1C(=O)N1CCSCC1. The van der Waals surface area contributed by atoms with E-state index in [1.54, 1.807) is 0 Å². The van der Waals surface area contributed by atoms with Crippen LogP contribution in [0.4, 0.5) is 0 Å². The van der Waals surface area contributed by atoms with E-state index in [0.717, 1.165) is 24.6 Å². The predicted octanol–water partition coefficient (Wildman–Crippen LogP) is 1.79. The van der Waals surface area contributed by atoms with Gasteiger partial charge >= 0.3 is 0 Å². The summed E-state index contributed by atoms with van der Waals surface area (Å²) in [5, 5.41) is 0. The zero-order valence-electron chi connectivity index (χ0n) is 10.9. The van der Waals surface area contributed by atoms with Crippen LogP contribution in [0.5, 0.6) is 11.5 Å². The molecule has 1 aromatic rings. The van der Waals surface area contributed by atoms with Gasteiger partial charge in [-0.15, -0.1) is 0 Å². The molecule has 0 bridgehead atoms. The number of hydrogen-bond acceptors (Lipinski definition) is 4. The molecule has 2 atom stereocenters. The highest BCUT2D eigenvalue weighted by molar-refractivity contribution is 7.99. The Kier molecular flexibility index (Phi) is 3.55. The molecule has 0 saturated carbocycles. The third-order valence-electron chi connectivity index (χ3n) is 3.41. The highest BCUT2D eigenvalue weighted by Gasteiger charge is 2.37. The molecule has 0 radical (unpaired) electrons. The van der Waals surface area contributed by atoms with Crippen molar-refractivity contribution in [1.82, 2.24) is 4.90 Å². The number of rotatable bonds is 1. The third kappa shape index (κ3) is 2.52. The Bertz CT molecular complexity index is 474. The molecule has 0 aliphatic carbocycles. The Balaban J connectivity index is 1.76. The number of amides is 1. The van der Waals surface area contributed by atoms with Crippen molar-refractivity contribution in [2.24, 2.45) is 0 Å². The van der Waals surface area contributed by atoms with Gasteiger partial charge in [0, 0.05) is 24.6 Å². The zero-order valence-corrected chi connectivity index (χ0v) is 11.7. The summed E-state index contributed by atoms with van der Waals surface area (Å²) in [6.45, 7) is 3.49. The van der Waals surface area contributed by atoms with E-state index in [-0.39, 0.29) is 12.0 Å². The Morgan fingerprint density at radius 1 is 1.21 bits per heavy atom. The van der Waals surface area contributed by atoms with E-state index in [1.807, 2.05) is 47.9 Å². The van der Waals surface area contributed by atoms with Gasteiger partial charge in [0.05, 0.1) is 0 Å². The first-order valence-corrected chi connectivity index (χ1v) is 7.70. The number of carbonyl (C=O) groups excluding carboxylic acids is 1. The number of carbonyl (C=O) groups is 1. The summed E-state index contributed by atoms with van der Waals surface area (Å²) in [4.78, 5) is 14.4. The van der Waals surface area contributed by atoms with Gasteiger partial charge in [0.1, 0.15) is 6.10 Å². The molecule has 2 heterocycles. The molecule has 1 saturated heterocycles. The second-order valence-corrected chi connectivity index (χ2v) is 5.97. The van der Waals surface area contributed by atoms with Gasteiger partial charge in [-0.1, -0.05) is 12.1 Å². The van der Waals surface area contributed by atoms with Crippen LogP contribution in [0.3, 0.4) is 0 Å². The van der Waals surface area contributed by atoms with Crippen LogP contribution in [-0.4, -0.2) is 47.6 Å². The molecule has 2 aliphatic heterocycles. The van der Waals surface area contributed by atoms with Crippen LogP contribution >= 0.6 is 11.8 Å². The Morgan fingerprint density at radius 2 is 1.84 bits per heavy atom. The number of para-hydroxylation sites is 2. The van der Waals surface area contributed by atoms with Crippen molar-refractivity contribution in [2.45, 2.75) is 19.1 Å². The normalized spacial score (nSPS) is 26.1. The van der Waals surface area contributed by atoms with Gasteiger partial charge in [0.25, 0.3) is 5.91 Å². The van der Waals surface area contributed by atoms with E-state index >= 15 is 0 Å². The van der Waals surface area contributed by atoms with Crippen molar-refractivity contribution in [3.05, 3.63) is 24.3 Å². The van der Waals surface area contributed by atoms with Crippen molar-refractivity contribution < 1.29 is 14.3 Å². The van der Waals surface area contributed by atoms with Crippen LogP contribution in [0.25, 0.3) is 0 Å². The third-order valence-corrected chi connectivity index (χ3v) is 4.35. The highest BCUT2D eigenvalue weighted by atomic mass is 32.2. The fourth-order valence-corrected chi connectivity index (χ4v) is 3.26. The van der Waals surface area contributed by atoms with Gasteiger partial charge in [-0.2, -0.15) is 11.8 Å². The largest absolute Gasteiger partial charge is 0.482 e. The maximum atomic E-state index is 12.5. The summed E-state index contributed by atoms with van der Waals surface area (Å²) in [6, 6.07) is 7.49. The van der Waals surface area contributed by atoms with Crippen molar-refractivity contribution >= 4 is 17.7 Å². The Hall–Kier alpha value is -1.36. The van der Waals surface area contributed by atoms with Gasteiger partial charge in [-0.05, 0) is 19.1 Å². The Labute approximate surface area is 117 Å². The number of thioether (sulfide) groups is 1. The molecular formula is C14H17NO3S. The first-order valence-electron chi connectivity index (χ1n) is 6.54. The summed E-state index contributed by atoms with van der Waals surface area (Å²) in [6.07, 6.45) is -0.782. The monoisotopic (exact) mass is 279 g/mol. The van der Waals surface area contributed by atoms with E-state index in [4.69, 9.17) is 9.47 Å². The van der Waals surface area contributed by atoms with Gasteiger partial charge in [0.2, 0.25) is 6.10 Å². The number of ether oxygens (including phenoxy) is 2. The summed E-state index contributed by atoms with van der Waals surface area (Å²) < 4.78 is 11.6. The second kappa shape index (κ2) is 5.33. The first kappa shape index (κ1) is 12.7. The molecule has 0 spiro atoms. The first-order chi connectivity index (χ1) is 9.25. The quantitative estimate of drug-likeness (QED) is 0.785. The van der Waals surface area contributed by atoms with Crippen LogP contribution in [0.1, 0.15) is 6.92 Å². The smallest absolute Gasteiger partial charge is 0.267 e. The molecule has 0 aromatic heterocycles. The van der Waals surface area contributed by atoms with E-state index < -0.39 is 6.10 Å². The fourth-order valence-electron chi connectivity index (χ4n) is 2.35. The lowest BCUT2D eigenvalue weighted by molar-refractivity contribution is -0.144. The molecule has 4 nitrogen and oxygen atoms in total. The topological polar surface area (TPSA) is 38.8 Å². The van der Waals surface area contributed by atoms with Crippen molar-refractivity contribution in [3.8, 4) is 11.5 Å². The summed E-state index contributed by atoms with van der Waals surface area (Å²) >= 11 is 1.89. The lowest BCUT2D eigenvalue weighted by Crippen LogP contribution is -2.52. The van der Waals surface area contributed by atoms with Crippen LogP contribution in [0, 0.1) is 0 Å². The molecule has 0 N–H and O–H groups in total. The number of hydrogen-bond donors (Lipinski definition) is 0. The zero-order chi connectivity index (χ0) is 13.2. The predicted molar refractivity (Wildman–Crippen MR) is 74.9 cm³/mol. The van der Waals surface area contributed by atoms with Crippen LogP contribution in [-0.2, 0) is 4.79 Å². The standard InChI is InChI=1S/C14H17NO3S/c1-10-13(14(16)15-6-8-19-9-7-15)18-12-5-3-2-4-11(12)17-10/h2-5,10,13H,6-9H2,1H3/t10-,13-/m1/s1. The average Bonchev–Trinajstić information content (AvgIpc) is 2.47. The van der Waals surface area contributed by atoms with Gasteiger partial charge in [-0.25, -0.2) is 0 Å². The van der Waals surface area contributed by atoms with Crippen LogP contribution in [0.15, 0.2) is 24.3 Å². The van der Waals surface area contributed by atoms with E-state index in [2.05, 4.69) is 0 Å². The highest BCUT2D eigenvalue weighted by Crippen LogP contribution is 2.34. The average molecular weight is 279 g/mol.